The highest BCUT2D eigenvalue weighted by molar-refractivity contribution is 14.1. The fraction of sp³-hybridized carbons (Fsp3) is 0. The van der Waals surface area contributed by atoms with Crippen LogP contribution in [0.15, 0.2) is 23.1 Å². The van der Waals surface area contributed by atoms with Crippen LogP contribution in [0.25, 0.3) is 10.9 Å². The molecule has 1 heterocycles. The first-order valence-corrected chi connectivity index (χ1v) is 5.21. The molecule has 5 heteroatoms. The van der Waals surface area contributed by atoms with Crippen molar-refractivity contribution in [2.24, 2.45) is 0 Å². The van der Waals surface area contributed by atoms with Crippen LogP contribution in [-0.2, 0) is 0 Å². The molecule has 0 radical (unpaired) electrons. The third-order valence-electron chi connectivity index (χ3n) is 1.88. The van der Waals surface area contributed by atoms with Crippen molar-refractivity contribution in [3.8, 4) is 0 Å². The van der Waals surface area contributed by atoms with E-state index >= 15 is 0 Å². The predicted octanol–water partition coefficient (Wildman–Crippen LogP) is 2.93. The van der Waals surface area contributed by atoms with Crippen molar-refractivity contribution in [2.45, 2.75) is 0 Å². The molecule has 72 valence electrons. The van der Waals surface area contributed by atoms with E-state index in [-0.39, 0.29) is 10.5 Å². The number of aromatic nitrogens is 1. The monoisotopic (exact) mass is 323 g/mol. The average Bonchev–Trinajstić information content (AvgIpc) is 2.15. The van der Waals surface area contributed by atoms with Crippen LogP contribution in [0.5, 0.6) is 0 Å². The van der Waals surface area contributed by atoms with Gasteiger partial charge in [0.05, 0.1) is 14.1 Å². The Morgan fingerprint density at radius 3 is 2.86 bits per heavy atom. The van der Waals surface area contributed by atoms with Crippen LogP contribution >= 0.6 is 34.2 Å². The van der Waals surface area contributed by atoms with Crippen LogP contribution in [0.1, 0.15) is 0 Å². The van der Waals surface area contributed by atoms with Crippen LogP contribution < -0.4 is 5.43 Å². The quantitative estimate of drug-likeness (QED) is 0.743. The minimum atomic E-state index is -0.531. The maximum atomic E-state index is 13.0. The second-order valence-corrected chi connectivity index (χ2v) is 4.35. The molecule has 0 amide bonds. The summed E-state index contributed by atoms with van der Waals surface area (Å²) < 4.78 is 13.6. The zero-order chi connectivity index (χ0) is 10.3. The fourth-order valence-electron chi connectivity index (χ4n) is 1.19. The van der Waals surface area contributed by atoms with Crippen molar-refractivity contribution in [3.05, 3.63) is 43.0 Å². The van der Waals surface area contributed by atoms with E-state index in [1.54, 1.807) is 6.20 Å². The molecule has 2 aromatic rings. The van der Waals surface area contributed by atoms with E-state index in [2.05, 4.69) is 4.98 Å². The van der Waals surface area contributed by atoms with E-state index in [4.69, 9.17) is 11.6 Å². The lowest BCUT2D eigenvalue weighted by atomic mass is 10.2. The number of aromatic amines is 1. The Hall–Kier alpha value is -0.620. The molecule has 0 unspecified atom stereocenters. The summed E-state index contributed by atoms with van der Waals surface area (Å²) in [6.07, 6.45) is 1.54. The topological polar surface area (TPSA) is 32.9 Å². The molecule has 0 aliphatic carbocycles. The molecule has 14 heavy (non-hydrogen) atoms. The van der Waals surface area contributed by atoms with E-state index in [0.717, 1.165) is 0 Å². The van der Waals surface area contributed by atoms with E-state index in [1.165, 1.54) is 12.1 Å². The number of hydrogen-bond acceptors (Lipinski definition) is 1. The van der Waals surface area contributed by atoms with Gasteiger partial charge < -0.3 is 4.98 Å². The normalized spacial score (nSPS) is 10.8. The van der Waals surface area contributed by atoms with Gasteiger partial charge in [-0.15, -0.1) is 0 Å². The van der Waals surface area contributed by atoms with Crippen LogP contribution in [0.4, 0.5) is 4.39 Å². The van der Waals surface area contributed by atoms with Gasteiger partial charge in [0.2, 0.25) is 5.43 Å². The summed E-state index contributed by atoms with van der Waals surface area (Å²) >= 11 is 7.49. The zero-order valence-electron chi connectivity index (χ0n) is 6.77. The molecule has 1 N–H and O–H groups in total. The maximum absolute atomic E-state index is 13.0. The molecule has 0 aliphatic heterocycles. The second-order valence-electron chi connectivity index (χ2n) is 2.78. The highest BCUT2D eigenvalue weighted by Gasteiger charge is 2.06. The van der Waals surface area contributed by atoms with Crippen molar-refractivity contribution < 1.29 is 4.39 Å². The number of nitrogens with one attached hydrogen (secondary N) is 1. The highest BCUT2D eigenvalue weighted by Crippen LogP contribution is 2.19. The SMILES string of the molecule is O=c1c(I)c[nH]c2cc(F)c(Cl)cc12. The predicted molar refractivity (Wildman–Crippen MR) is 62.3 cm³/mol. The largest absolute Gasteiger partial charge is 0.360 e. The van der Waals surface area contributed by atoms with Crippen LogP contribution in [0, 0.1) is 9.39 Å². The molecule has 0 saturated heterocycles. The molecule has 1 aromatic carbocycles. The Balaban J connectivity index is 2.97. The number of halogens is 3. The number of fused-ring (bicyclic) bond motifs is 1. The van der Waals surface area contributed by atoms with Crippen molar-refractivity contribution >= 4 is 45.1 Å². The molecule has 2 rings (SSSR count). The van der Waals surface area contributed by atoms with Gasteiger partial charge >= 0.3 is 0 Å². The van der Waals surface area contributed by atoms with Gasteiger partial charge in [-0.25, -0.2) is 4.39 Å². The summed E-state index contributed by atoms with van der Waals surface area (Å²) in [5, 5.41) is 0.369. The first-order chi connectivity index (χ1) is 6.59. The summed E-state index contributed by atoms with van der Waals surface area (Å²) in [6.45, 7) is 0. The Kier molecular flexibility index (Phi) is 2.48. The lowest BCUT2D eigenvalue weighted by Gasteiger charge is -2.00. The van der Waals surface area contributed by atoms with Gasteiger partial charge in [0, 0.05) is 11.6 Å². The standard InChI is InChI=1S/C9H4ClFINO/c10-5-1-4-8(2-6(5)11)13-3-7(12)9(4)14/h1-3H,(H,13,14). The summed E-state index contributed by atoms with van der Waals surface area (Å²) in [6, 6.07) is 2.56. The Morgan fingerprint density at radius 2 is 2.14 bits per heavy atom. The van der Waals surface area contributed by atoms with Crippen molar-refractivity contribution in [2.75, 3.05) is 0 Å². The summed E-state index contributed by atoms with van der Waals surface area (Å²) in [4.78, 5) is 14.4. The first-order valence-electron chi connectivity index (χ1n) is 3.75. The van der Waals surface area contributed by atoms with E-state index < -0.39 is 5.82 Å². The number of pyridine rings is 1. The molecule has 0 bridgehead atoms. The molecule has 0 fully saturated rings. The fourth-order valence-corrected chi connectivity index (χ4v) is 1.80. The third kappa shape index (κ3) is 1.52. The van der Waals surface area contributed by atoms with Crippen molar-refractivity contribution in [3.63, 3.8) is 0 Å². The smallest absolute Gasteiger partial charge is 0.202 e. The highest BCUT2D eigenvalue weighted by atomic mass is 127. The molecule has 2 nitrogen and oxygen atoms in total. The van der Waals surface area contributed by atoms with Gasteiger partial charge in [0.15, 0.2) is 0 Å². The molecule has 0 atom stereocenters. The molecule has 1 aromatic heterocycles. The summed E-state index contributed by atoms with van der Waals surface area (Å²) in [5.41, 5.74) is 0.318. The van der Waals surface area contributed by atoms with Crippen LogP contribution in [0.3, 0.4) is 0 Å². The number of H-pyrrole nitrogens is 1. The minimum Gasteiger partial charge on any atom is -0.360 e. The van der Waals surface area contributed by atoms with Gasteiger partial charge in [-0.05, 0) is 34.7 Å². The van der Waals surface area contributed by atoms with Crippen LogP contribution in [0.2, 0.25) is 5.02 Å². The molecular weight excluding hydrogens is 319 g/mol. The number of benzene rings is 1. The molecular formula is C9H4ClFINO. The van der Waals surface area contributed by atoms with E-state index in [1.807, 2.05) is 22.6 Å². The van der Waals surface area contributed by atoms with Gasteiger partial charge in [0.25, 0.3) is 0 Å². The maximum Gasteiger partial charge on any atom is 0.202 e. The van der Waals surface area contributed by atoms with E-state index in [0.29, 0.717) is 14.5 Å². The zero-order valence-corrected chi connectivity index (χ0v) is 9.69. The van der Waals surface area contributed by atoms with Gasteiger partial charge in [-0.1, -0.05) is 11.6 Å². The summed E-state index contributed by atoms with van der Waals surface area (Å²) in [7, 11) is 0. The average molecular weight is 323 g/mol. The Morgan fingerprint density at radius 1 is 1.43 bits per heavy atom. The second kappa shape index (κ2) is 3.51. The van der Waals surface area contributed by atoms with Crippen LogP contribution in [-0.4, -0.2) is 4.98 Å². The first kappa shape index (κ1) is 9.92. The van der Waals surface area contributed by atoms with Gasteiger partial charge in [-0.2, -0.15) is 0 Å². The Labute approximate surface area is 97.2 Å². The van der Waals surface area contributed by atoms with Crippen molar-refractivity contribution in [1.82, 2.24) is 4.98 Å². The molecule has 0 spiro atoms. The lowest BCUT2D eigenvalue weighted by molar-refractivity contribution is 0.630. The summed E-state index contributed by atoms with van der Waals surface area (Å²) in [5.74, 6) is -0.531. The number of hydrogen-bond donors (Lipinski definition) is 1. The van der Waals surface area contributed by atoms with Crippen molar-refractivity contribution in [1.29, 1.82) is 0 Å². The van der Waals surface area contributed by atoms with E-state index in [9.17, 15) is 9.18 Å². The number of rotatable bonds is 0. The molecule has 0 aliphatic rings. The van der Waals surface area contributed by atoms with Gasteiger partial charge in [-0.3, -0.25) is 4.79 Å². The Bertz CT molecular complexity index is 566. The minimum absolute atomic E-state index is 0.0370. The molecule has 0 saturated carbocycles. The third-order valence-corrected chi connectivity index (χ3v) is 2.97. The lowest BCUT2D eigenvalue weighted by Crippen LogP contribution is -2.06. The van der Waals surface area contributed by atoms with Gasteiger partial charge in [0.1, 0.15) is 5.82 Å².